The number of H-pyrrole nitrogens is 1. The quantitative estimate of drug-likeness (QED) is 0.914. The highest BCUT2D eigenvalue weighted by Crippen LogP contribution is 2.28. The minimum absolute atomic E-state index is 0. The Morgan fingerprint density at radius 3 is 2.95 bits per heavy atom. The molecular formula is C15H17ClN2O2. The number of aromatic amines is 1. The molecule has 0 radical (unpaired) electrons. The van der Waals surface area contributed by atoms with Crippen LogP contribution in [-0.4, -0.2) is 21.0 Å². The molecule has 0 amide bonds. The molecule has 106 valence electrons. The van der Waals surface area contributed by atoms with Crippen LogP contribution < -0.4 is 0 Å². The fraction of sp³-hybridized carbons (Fsp3) is 0.333. The number of hydrogen-bond acceptors (Lipinski definition) is 2. The number of aryl methyl sites for hydroxylation is 1. The van der Waals surface area contributed by atoms with Crippen LogP contribution in [0.25, 0.3) is 0 Å². The zero-order chi connectivity index (χ0) is 13.2. The Morgan fingerprint density at radius 1 is 1.40 bits per heavy atom. The molecule has 3 rings (SSSR count). The van der Waals surface area contributed by atoms with Crippen molar-refractivity contribution in [1.82, 2.24) is 9.97 Å². The van der Waals surface area contributed by atoms with Gasteiger partial charge in [0.1, 0.15) is 5.82 Å². The summed E-state index contributed by atoms with van der Waals surface area (Å²) in [6.07, 6.45) is 7.66. The van der Waals surface area contributed by atoms with E-state index in [1.807, 2.05) is 18.3 Å². The number of nitrogens with zero attached hydrogens (tertiary/aromatic N) is 1. The van der Waals surface area contributed by atoms with Crippen LogP contribution in [0.3, 0.4) is 0 Å². The van der Waals surface area contributed by atoms with Crippen LogP contribution in [0, 0.1) is 5.92 Å². The van der Waals surface area contributed by atoms with Gasteiger partial charge in [-0.2, -0.15) is 0 Å². The summed E-state index contributed by atoms with van der Waals surface area (Å²) in [5, 5.41) is 9.04. The summed E-state index contributed by atoms with van der Waals surface area (Å²) in [6, 6.07) is 5.49. The van der Waals surface area contributed by atoms with Crippen LogP contribution in [0.4, 0.5) is 0 Å². The van der Waals surface area contributed by atoms with E-state index in [1.165, 1.54) is 11.1 Å². The number of imidazole rings is 1. The molecule has 2 N–H and O–H groups in total. The second-order valence-electron chi connectivity index (χ2n) is 5.14. The number of benzene rings is 1. The van der Waals surface area contributed by atoms with E-state index >= 15 is 0 Å². The van der Waals surface area contributed by atoms with Crippen LogP contribution in [0.1, 0.15) is 33.7 Å². The van der Waals surface area contributed by atoms with Gasteiger partial charge in [-0.25, -0.2) is 9.78 Å². The number of halogens is 1. The number of nitrogens with one attached hydrogen (secondary N) is 1. The van der Waals surface area contributed by atoms with E-state index in [-0.39, 0.29) is 12.4 Å². The van der Waals surface area contributed by atoms with Crippen molar-refractivity contribution in [3.63, 3.8) is 0 Å². The molecule has 4 nitrogen and oxygen atoms in total. The number of hydrogen-bond donors (Lipinski definition) is 2. The molecule has 1 heterocycles. The third-order valence-electron chi connectivity index (χ3n) is 3.82. The Balaban J connectivity index is 0.00000147. The minimum Gasteiger partial charge on any atom is -0.478 e. The molecular weight excluding hydrogens is 276 g/mol. The van der Waals surface area contributed by atoms with Crippen LogP contribution >= 0.6 is 12.4 Å². The molecule has 0 bridgehead atoms. The van der Waals surface area contributed by atoms with Crippen LogP contribution in [-0.2, 0) is 19.3 Å². The monoisotopic (exact) mass is 292 g/mol. The highest BCUT2D eigenvalue weighted by Gasteiger charge is 2.20. The van der Waals surface area contributed by atoms with Crippen molar-refractivity contribution < 1.29 is 9.90 Å². The Bertz CT molecular complexity index is 596. The van der Waals surface area contributed by atoms with Crippen molar-refractivity contribution >= 4 is 18.4 Å². The molecule has 0 saturated heterocycles. The van der Waals surface area contributed by atoms with Gasteiger partial charge in [-0.05, 0) is 48.4 Å². The summed E-state index contributed by atoms with van der Waals surface area (Å²) in [7, 11) is 0. The minimum atomic E-state index is -0.851. The highest BCUT2D eigenvalue weighted by atomic mass is 35.5. The molecule has 0 spiro atoms. The molecule has 1 aliphatic rings. The molecule has 20 heavy (non-hydrogen) atoms. The molecule has 0 saturated carbocycles. The lowest BCUT2D eigenvalue weighted by molar-refractivity contribution is 0.0696. The highest BCUT2D eigenvalue weighted by molar-refractivity contribution is 5.87. The molecule has 2 aromatic rings. The lowest BCUT2D eigenvalue weighted by atomic mass is 9.81. The van der Waals surface area contributed by atoms with Crippen molar-refractivity contribution in [2.45, 2.75) is 25.7 Å². The summed E-state index contributed by atoms with van der Waals surface area (Å²) in [4.78, 5) is 18.4. The van der Waals surface area contributed by atoms with Crippen LogP contribution in [0.2, 0.25) is 0 Å². The van der Waals surface area contributed by atoms with Crippen LogP contribution in [0.15, 0.2) is 30.6 Å². The molecule has 0 fully saturated rings. The SMILES string of the molecule is Cl.O=C(O)c1ccc2c(c1)CC(Cc1ncc[nH]1)CC2. The van der Waals surface area contributed by atoms with Gasteiger partial charge in [-0.3, -0.25) is 0 Å². The zero-order valence-electron chi connectivity index (χ0n) is 11.0. The maximum absolute atomic E-state index is 11.0. The Morgan fingerprint density at radius 2 is 2.25 bits per heavy atom. The second-order valence-corrected chi connectivity index (χ2v) is 5.14. The average Bonchev–Trinajstić information content (AvgIpc) is 2.90. The smallest absolute Gasteiger partial charge is 0.335 e. The van der Waals surface area contributed by atoms with E-state index < -0.39 is 5.97 Å². The molecule has 5 heteroatoms. The average molecular weight is 293 g/mol. The second kappa shape index (κ2) is 6.09. The Labute approximate surface area is 123 Å². The van der Waals surface area contributed by atoms with Gasteiger partial charge in [0.15, 0.2) is 0 Å². The lowest BCUT2D eigenvalue weighted by Gasteiger charge is -2.24. The van der Waals surface area contributed by atoms with Gasteiger partial charge in [-0.1, -0.05) is 6.07 Å². The van der Waals surface area contributed by atoms with E-state index in [0.29, 0.717) is 11.5 Å². The van der Waals surface area contributed by atoms with Crippen molar-refractivity contribution in [3.05, 3.63) is 53.1 Å². The summed E-state index contributed by atoms with van der Waals surface area (Å²) < 4.78 is 0. The summed E-state index contributed by atoms with van der Waals surface area (Å²) >= 11 is 0. The van der Waals surface area contributed by atoms with Gasteiger partial charge >= 0.3 is 5.97 Å². The number of aromatic carboxylic acids is 1. The third kappa shape index (κ3) is 3.02. The molecule has 1 atom stereocenters. The van der Waals surface area contributed by atoms with E-state index in [0.717, 1.165) is 31.5 Å². The Hall–Kier alpha value is -1.81. The number of carboxylic acid groups (broad SMARTS) is 1. The first kappa shape index (κ1) is 14.6. The standard InChI is InChI=1S/C15H16N2O2.ClH/c18-15(19)12-4-3-11-2-1-10(7-13(11)9-12)8-14-16-5-6-17-14;/h3-6,9-10H,1-2,7-8H2,(H,16,17)(H,18,19);1H. The number of aromatic nitrogens is 2. The van der Waals surface area contributed by atoms with E-state index in [4.69, 9.17) is 5.11 Å². The molecule has 1 aromatic heterocycles. The van der Waals surface area contributed by atoms with Gasteiger partial charge in [-0.15, -0.1) is 12.4 Å². The first-order valence-electron chi connectivity index (χ1n) is 6.55. The Kier molecular flexibility index (Phi) is 4.45. The normalized spacial score (nSPS) is 17.1. The van der Waals surface area contributed by atoms with Gasteiger partial charge < -0.3 is 10.1 Å². The van der Waals surface area contributed by atoms with Gasteiger partial charge in [0.25, 0.3) is 0 Å². The molecule has 1 aromatic carbocycles. The van der Waals surface area contributed by atoms with E-state index in [2.05, 4.69) is 9.97 Å². The summed E-state index contributed by atoms with van der Waals surface area (Å²) in [5.41, 5.74) is 2.86. The maximum Gasteiger partial charge on any atom is 0.335 e. The maximum atomic E-state index is 11.0. The number of carboxylic acids is 1. The fourth-order valence-electron chi connectivity index (χ4n) is 2.82. The zero-order valence-corrected chi connectivity index (χ0v) is 11.8. The van der Waals surface area contributed by atoms with Crippen LogP contribution in [0.5, 0.6) is 0 Å². The van der Waals surface area contributed by atoms with E-state index in [9.17, 15) is 4.79 Å². The molecule has 1 aliphatic carbocycles. The lowest BCUT2D eigenvalue weighted by Crippen LogP contribution is -2.17. The van der Waals surface area contributed by atoms with Crippen molar-refractivity contribution in [2.75, 3.05) is 0 Å². The van der Waals surface area contributed by atoms with Gasteiger partial charge in [0, 0.05) is 18.8 Å². The fourth-order valence-corrected chi connectivity index (χ4v) is 2.82. The predicted octanol–water partition coefficient (Wildman–Crippen LogP) is 2.88. The van der Waals surface area contributed by atoms with E-state index in [1.54, 1.807) is 12.3 Å². The largest absolute Gasteiger partial charge is 0.478 e. The molecule has 1 unspecified atom stereocenters. The van der Waals surface area contributed by atoms with Crippen molar-refractivity contribution in [3.8, 4) is 0 Å². The number of fused-ring (bicyclic) bond motifs is 1. The molecule has 0 aliphatic heterocycles. The summed E-state index contributed by atoms with van der Waals surface area (Å²) in [5.74, 6) is 0.710. The van der Waals surface area contributed by atoms with Crippen molar-refractivity contribution in [2.24, 2.45) is 5.92 Å². The number of rotatable bonds is 3. The first-order valence-corrected chi connectivity index (χ1v) is 6.55. The van der Waals surface area contributed by atoms with Crippen molar-refractivity contribution in [1.29, 1.82) is 0 Å². The first-order chi connectivity index (χ1) is 9.22. The van der Waals surface area contributed by atoms with Gasteiger partial charge in [0.2, 0.25) is 0 Å². The predicted molar refractivity (Wildman–Crippen MR) is 78.5 cm³/mol. The van der Waals surface area contributed by atoms with Gasteiger partial charge in [0.05, 0.1) is 5.56 Å². The number of carbonyl (C=O) groups is 1. The topological polar surface area (TPSA) is 66.0 Å². The summed E-state index contributed by atoms with van der Waals surface area (Å²) in [6.45, 7) is 0. The third-order valence-corrected chi connectivity index (χ3v) is 3.82.